The molecule has 4 rings (SSSR count). The number of hydrogen-bond donors (Lipinski definition) is 1. The number of amides is 1. The van der Waals surface area contributed by atoms with E-state index in [-0.39, 0.29) is 17.7 Å². The van der Waals surface area contributed by atoms with Gasteiger partial charge in [-0.25, -0.2) is 0 Å². The van der Waals surface area contributed by atoms with Crippen molar-refractivity contribution in [2.75, 3.05) is 6.61 Å². The summed E-state index contributed by atoms with van der Waals surface area (Å²) in [5.41, 5.74) is 2.34. The Balaban J connectivity index is 1.55. The van der Waals surface area contributed by atoms with Gasteiger partial charge < -0.3 is 19.1 Å². The maximum Gasteiger partial charge on any atom is 0.290 e. The molecule has 1 atom stereocenters. The fourth-order valence-electron chi connectivity index (χ4n) is 2.59. The maximum absolute atomic E-state index is 12.2. The van der Waals surface area contributed by atoms with Crippen LogP contribution < -0.4 is 10.1 Å². The van der Waals surface area contributed by atoms with E-state index in [4.69, 9.17) is 13.8 Å². The first-order chi connectivity index (χ1) is 11.6. The van der Waals surface area contributed by atoms with Crippen molar-refractivity contribution in [3.63, 3.8) is 0 Å². The molecule has 1 aliphatic rings. The number of aryl methyl sites for hydroxylation is 2. The molecule has 3 aromatic rings. The van der Waals surface area contributed by atoms with Crippen molar-refractivity contribution in [2.24, 2.45) is 0 Å². The van der Waals surface area contributed by atoms with Crippen LogP contribution in [-0.2, 0) is 0 Å². The third-order valence-electron chi connectivity index (χ3n) is 3.74. The van der Waals surface area contributed by atoms with Gasteiger partial charge in [0.2, 0.25) is 17.5 Å². The molecule has 1 aromatic carbocycles. The predicted molar refractivity (Wildman–Crippen MR) is 81.4 cm³/mol. The molecule has 8 nitrogen and oxygen atoms in total. The molecule has 0 bridgehead atoms. The second-order valence-corrected chi connectivity index (χ2v) is 5.56. The van der Waals surface area contributed by atoms with Crippen LogP contribution in [0.15, 0.2) is 33.3 Å². The number of benzene rings is 1. The Bertz CT molecular complexity index is 914. The van der Waals surface area contributed by atoms with E-state index in [2.05, 4.69) is 20.6 Å². The third-order valence-corrected chi connectivity index (χ3v) is 3.74. The fraction of sp³-hybridized carbons (Fsp3) is 0.250. The highest BCUT2D eigenvalue weighted by Crippen LogP contribution is 2.35. The average molecular weight is 326 g/mol. The van der Waals surface area contributed by atoms with Crippen molar-refractivity contribution in [1.29, 1.82) is 0 Å². The Morgan fingerprint density at radius 3 is 2.79 bits per heavy atom. The van der Waals surface area contributed by atoms with Gasteiger partial charge in [-0.3, -0.25) is 4.79 Å². The number of fused-ring (bicyclic) bond motifs is 1. The zero-order chi connectivity index (χ0) is 16.7. The zero-order valence-corrected chi connectivity index (χ0v) is 13.1. The summed E-state index contributed by atoms with van der Waals surface area (Å²) in [4.78, 5) is 16.4. The first kappa shape index (κ1) is 14.4. The molecule has 0 spiro atoms. The summed E-state index contributed by atoms with van der Waals surface area (Å²) in [6, 6.07) is 6.94. The lowest BCUT2D eigenvalue weighted by molar-refractivity contribution is 0.0893. The molecule has 0 radical (unpaired) electrons. The van der Waals surface area contributed by atoms with Crippen LogP contribution in [0.1, 0.15) is 33.7 Å². The van der Waals surface area contributed by atoms with E-state index in [1.165, 1.54) is 0 Å². The summed E-state index contributed by atoms with van der Waals surface area (Å²) in [6.45, 7) is 3.84. The van der Waals surface area contributed by atoms with E-state index in [0.717, 1.165) is 11.1 Å². The minimum atomic E-state index is -0.324. The lowest BCUT2D eigenvalue weighted by Gasteiger charge is -2.10. The molecule has 0 fully saturated rings. The Kier molecular flexibility index (Phi) is 3.30. The minimum absolute atomic E-state index is 0.180. The Labute approximate surface area is 136 Å². The number of nitrogens with zero attached hydrogens (tertiary/aromatic N) is 3. The smallest absolute Gasteiger partial charge is 0.290 e. The van der Waals surface area contributed by atoms with Crippen molar-refractivity contribution in [2.45, 2.75) is 19.9 Å². The molecule has 2 aromatic heterocycles. The van der Waals surface area contributed by atoms with Crippen LogP contribution in [0, 0.1) is 13.8 Å². The van der Waals surface area contributed by atoms with Gasteiger partial charge in [0.05, 0.1) is 11.7 Å². The average Bonchev–Trinajstić information content (AvgIpc) is 3.28. The van der Waals surface area contributed by atoms with Crippen LogP contribution in [0.25, 0.3) is 11.4 Å². The maximum atomic E-state index is 12.2. The van der Waals surface area contributed by atoms with Gasteiger partial charge in [0.15, 0.2) is 0 Å². The lowest BCUT2D eigenvalue weighted by atomic mass is 10.1. The predicted octanol–water partition coefficient (Wildman–Crippen LogP) is 2.20. The van der Waals surface area contributed by atoms with E-state index in [0.29, 0.717) is 29.8 Å². The zero-order valence-electron chi connectivity index (χ0n) is 13.1. The molecule has 8 heteroatoms. The molecule has 0 unspecified atom stereocenters. The molecule has 0 saturated heterocycles. The topological polar surface area (TPSA) is 103 Å². The molecule has 1 N–H and O–H groups in total. The quantitative estimate of drug-likeness (QED) is 0.787. The normalized spacial score (nSPS) is 15.8. The van der Waals surface area contributed by atoms with Crippen LogP contribution in [0.3, 0.4) is 0 Å². The molecular formula is C16H14N4O4. The van der Waals surface area contributed by atoms with Crippen LogP contribution in [0.2, 0.25) is 0 Å². The standard InChI is InChI=1S/C16H14N4O4/c1-8-5-14(24-19-8)16(21)18-12-7-22-13-6-10(3-4-11(12)13)15-17-9(2)23-20-15/h3-6,12H,7H2,1-2H3,(H,18,21)/t12-/m1/s1. The Morgan fingerprint density at radius 2 is 2.08 bits per heavy atom. The van der Waals surface area contributed by atoms with Gasteiger partial charge in [-0.1, -0.05) is 22.4 Å². The largest absolute Gasteiger partial charge is 0.491 e. The highest BCUT2D eigenvalue weighted by atomic mass is 16.5. The van der Waals surface area contributed by atoms with Gasteiger partial charge in [-0.15, -0.1) is 0 Å². The molecule has 0 saturated carbocycles. The van der Waals surface area contributed by atoms with E-state index in [1.54, 1.807) is 19.9 Å². The summed E-state index contributed by atoms with van der Waals surface area (Å²) in [5, 5.41) is 10.5. The van der Waals surface area contributed by atoms with Gasteiger partial charge in [-0.05, 0) is 13.0 Å². The van der Waals surface area contributed by atoms with Crippen molar-refractivity contribution in [3.8, 4) is 17.1 Å². The number of nitrogens with one attached hydrogen (secondary N) is 1. The molecule has 1 amide bonds. The van der Waals surface area contributed by atoms with E-state index < -0.39 is 0 Å². The van der Waals surface area contributed by atoms with Crippen LogP contribution in [-0.4, -0.2) is 27.8 Å². The lowest BCUT2D eigenvalue weighted by Crippen LogP contribution is -2.29. The summed E-state index contributed by atoms with van der Waals surface area (Å²) in [7, 11) is 0. The van der Waals surface area contributed by atoms with E-state index in [1.807, 2.05) is 18.2 Å². The molecule has 3 heterocycles. The van der Waals surface area contributed by atoms with Crippen LogP contribution >= 0.6 is 0 Å². The Morgan fingerprint density at radius 1 is 1.21 bits per heavy atom. The highest BCUT2D eigenvalue weighted by molar-refractivity contribution is 5.91. The summed E-state index contributed by atoms with van der Waals surface area (Å²) in [6.07, 6.45) is 0. The first-order valence-corrected chi connectivity index (χ1v) is 7.42. The van der Waals surface area contributed by atoms with Crippen LogP contribution in [0.5, 0.6) is 5.75 Å². The van der Waals surface area contributed by atoms with Gasteiger partial charge >= 0.3 is 0 Å². The molecule has 0 aliphatic carbocycles. The van der Waals surface area contributed by atoms with Gasteiger partial charge in [0.1, 0.15) is 12.4 Å². The fourth-order valence-corrected chi connectivity index (χ4v) is 2.59. The van der Waals surface area contributed by atoms with Gasteiger partial charge in [0, 0.05) is 24.1 Å². The van der Waals surface area contributed by atoms with E-state index in [9.17, 15) is 4.79 Å². The number of carbonyl (C=O) groups is 1. The highest BCUT2D eigenvalue weighted by Gasteiger charge is 2.27. The van der Waals surface area contributed by atoms with Gasteiger partial charge in [0.25, 0.3) is 5.91 Å². The van der Waals surface area contributed by atoms with Crippen molar-refractivity contribution in [3.05, 3.63) is 47.2 Å². The van der Waals surface area contributed by atoms with Crippen molar-refractivity contribution >= 4 is 5.91 Å². The number of rotatable bonds is 3. The first-order valence-electron chi connectivity index (χ1n) is 7.42. The number of aromatic nitrogens is 3. The molecular weight excluding hydrogens is 312 g/mol. The van der Waals surface area contributed by atoms with Crippen molar-refractivity contribution < 1.29 is 18.6 Å². The van der Waals surface area contributed by atoms with Crippen molar-refractivity contribution in [1.82, 2.24) is 20.6 Å². The summed E-state index contributed by atoms with van der Waals surface area (Å²) >= 11 is 0. The minimum Gasteiger partial charge on any atom is -0.491 e. The third kappa shape index (κ3) is 2.51. The number of carbonyl (C=O) groups excluding carboxylic acids is 1. The van der Waals surface area contributed by atoms with Gasteiger partial charge in [-0.2, -0.15) is 4.98 Å². The second-order valence-electron chi connectivity index (χ2n) is 5.56. The monoisotopic (exact) mass is 326 g/mol. The SMILES string of the molecule is Cc1cc(C(=O)N[C@@H]2COc3cc(-c4noc(C)n4)ccc32)on1. The number of ether oxygens (including phenoxy) is 1. The van der Waals surface area contributed by atoms with E-state index >= 15 is 0 Å². The number of hydrogen-bond acceptors (Lipinski definition) is 7. The second kappa shape index (κ2) is 5.48. The summed E-state index contributed by atoms with van der Waals surface area (Å²) < 4.78 is 15.6. The molecule has 122 valence electrons. The molecule has 24 heavy (non-hydrogen) atoms. The molecule has 1 aliphatic heterocycles. The van der Waals surface area contributed by atoms with Crippen LogP contribution in [0.4, 0.5) is 0 Å². The summed E-state index contributed by atoms with van der Waals surface area (Å²) in [5.74, 6) is 1.55. The Hall–Kier alpha value is -3.16.